The molecule has 7 nitrogen and oxygen atoms in total. The summed E-state index contributed by atoms with van der Waals surface area (Å²) >= 11 is 1.69. The molecule has 4 aromatic heterocycles. The minimum absolute atomic E-state index is 0.771. The standard InChI is InChI=1S/C19H17N7S/c1-5-20-6-2-14(1)15-3-7-21-19(24-15)26-10-8-25(9-11-26)18-17-16(4-12-27-17)22-13-23-18/h1-7,12-13H,8-11H2. The number of thiophene rings is 1. The second kappa shape index (κ2) is 6.88. The Morgan fingerprint density at radius 1 is 0.815 bits per heavy atom. The van der Waals surface area contributed by atoms with Crippen molar-refractivity contribution in [1.29, 1.82) is 0 Å². The van der Waals surface area contributed by atoms with Crippen molar-refractivity contribution in [3.05, 3.63) is 54.6 Å². The Bertz CT molecular complexity index is 1060. The number of aromatic nitrogens is 5. The fraction of sp³-hybridized carbons (Fsp3) is 0.211. The molecule has 1 aliphatic heterocycles. The number of anilines is 2. The molecule has 0 radical (unpaired) electrons. The Hall–Kier alpha value is -3.13. The largest absolute Gasteiger partial charge is 0.352 e. The average molecular weight is 375 g/mol. The molecule has 0 saturated carbocycles. The van der Waals surface area contributed by atoms with E-state index in [1.165, 1.54) is 0 Å². The van der Waals surface area contributed by atoms with E-state index in [1.54, 1.807) is 30.1 Å². The Morgan fingerprint density at radius 3 is 2.48 bits per heavy atom. The maximum absolute atomic E-state index is 4.75. The monoisotopic (exact) mass is 375 g/mol. The Labute approximate surface area is 160 Å². The third-order valence-corrected chi connectivity index (χ3v) is 5.60. The normalized spacial score (nSPS) is 14.7. The van der Waals surface area contributed by atoms with Crippen LogP contribution < -0.4 is 9.80 Å². The number of rotatable bonds is 3. The van der Waals surface area contributed by atoms with Crippen LogP contribution in [0.2, 0.25) is 0 Å². The Kier molecular flexibility index (Phi) is 4.10. The highest BCUT2D eigenvalue weighted by atomic mass is 32.1. The number of hydrogen-bond donors (Lipinski definition) is 0. The van der Waals surface area contributed by atoms with Crippen LogP contribution in [0.5, 0.6) is 0 Å². The summed E-state index contributed by atoms with van der Waals surface area (Å²) in [5.41, 5.74) is 2.98. The van der Waals surface area contributed by atoms with E-state index in [0.29, 0.717) is 0 Å². The molecule has 0 N–H and O–H groups in total. The third kappa shape index (κ3) is 3.08. The molecule has 134 valence electrons. The van der Waals surface area contributed by atoms with Crippen LogP contribution in [-0.2, 0) is 0 Å². The molecule has 0 amide bonds. The zero-order valence-corrected chi connectivity index (χ0v) is 15.4. The third-order valence-electron chi connectivity index (χ3n) is 4.71. The molecule has 0 bridgehead atoms. The van der Waals surface area contributed by atoms with Crippen LogP contribution in [0.4, 0.5) is 11.8 Å². The molecular weight excluding hydrogens is 358 g/mol. The van der Waals surface area contributed by atoms with Crippen LogP contribution >= 0.6 is 11.3 Å². The predicted octanol–water partition coefficient (Wildman–Crippen LogP) is 2.87. The van der Waals surface area contributed by atoms with Crippen molar-refractivity contribution < 1.29 is 0 Å². The highest BCUT2D eigenvalue weighted by Gasteiger charge is 2.22. The van der Waals surface area contributed by atoms with E-state index in [4.69, 9.17) is 4.98 Å². The lowest BCUT2D eigenvalue weighted by Crippen LogP contribution is -2.47. The van der Waals surface area contributed by atoms with Gasteiger partial charge in [0.1, 0.15) is 12.1 Å². The summed E-state index contributed by atoms with van der Waals surface area (Å²) in [6.45, 7) is 3.48. The summed E-state index contributed by atoms with van der Waals surface area (Å²) in [5, 5.41) is 2.07. The number of nitrogens with zero attached hydrogens (tertiary/aromatic N) is 7. The van der Waals surface area contributed by atoms with Crippen LogP contribution in [0.1, 0.15) is 0 Å². The molecule has 5 rings (SSSR count). The van der Waals surface area contributed by atoms with Crippen LogP contribution in [-0.4, -0.2) is 51.1 Å². The van der Waals surface area contributed by atoms with Gasteiger partial charge in [0.05, 0.1) is 15.9 Å². The highest BCUT2D eigenvalue weighted by Crippen LogP contribution is 2.29. The van der Waals surface area contributed by atoms with Gasteiger partial charge in [-0.05, 0) is 29.6 Å². The molecule has 1 aliphatic rings. The van der Waals surface area contributed by atoms with Gasteiger partial charge in [-0.25, -0.2) is 19.9 Å². The van der Waals surface area contributed by atoms with Crippen molar-refractivity contribution in [2.45, 2.75) is 0 Å². The van der Waals surface area contributed by atoms with Crippen LogP contribution in [0.15, 0.2) is 54.6 Å². The lowest BCUT2D eigenvalue weighted by atomic mass is 10.2. The predicted molar refractivity (Wildman–Crippen MR) is 107 cm³/mol. The molecule has 4 aromatic rings. The summed E-state index contributed by atoms with van der Waals surface area (Å²) in [6, 6.07) is 7.90. The number of piperazine rings is 1. The lowest BCUT2D eigenvalue weighted by Gasteiger charge is -2.35. The molecule has 1 fully saturated rings. The minimum atomic E-state index is 0.771. The maximum Gasteiger partial charge on any atom is 0.225 e. The first-order valence-corrected chi connectivity index (χ1v) is 9.68. The van der Waals surface area contributed by atoms with Gasteiger partial charge in [0.25, 0.3) is 0 Å². The zero-order valence-electron chi connectivity index (χ0n) is 14.6. The Morgan fingerprint density at radius 2 is 1.63 bits per heavy atom. The van der Waals surface area contributed by atoms with E-state index in [9.17, 15) is 0 Å². The molecule has 5 heterocycles. The summed E-state index contributed by atoms with van der Waals surface area (Å²) in [7, 11) is 0. The second-order valence-electron chi connectivity index (χ2n) is 6.28. The SMILES string of the molecule is c1cc(-c2ccnc(N3CCN(c4ncnc5ccsc45)CC3)n2)ccn1. The van der Waals surface area contributed by atoms with Crippen molar-refractivity contribution >= 4 is 33.3 Å². The molecule has 1 saturated heterocycles. The molecule has 0 spiro atoms. The Balaban J connectivity index is 1.34. The van der Waals surface area contributed by atoms with Gasteiger partial charge < -0.3 is 9.80 Å². The van der Waals surface area contributed by atoms with Gasteiger partial charge in [0, 0.05) is 50.3 Å². The zero-order chi connectivity index (χ0) is 18.1. The molecule has 0 aliphatic carbocycles. The van der Waals surface area contributed by atoms with E-state index in [2.05, 4.69) is 35.1 Å². The molecule has 8 heteroatoms. The topological polar surface area (TPSA) is 70.9 Å². The molecule has 0 atom stereocenters. The highest BCUT2D eigenvalue weighted by molar-refractivity contribution is 7.17. The summed E-state index contributed by atoms with van der Waals surface area (Å²) in [6.07, 6.45) is 7.04. The van der Waals surface area contributed by atoms with Gasteiger partial charge in [-0.3, -0.25) is 4.98 Å². The first-order chi connectivity index (χ1) is 13.4. The van der Waals surface area contributed by atoms with E-state index in [-0.39, 0.29) is 0 Å². The van der Waals surface area contributed by atoms with Crippen molar-refractivity contribution in [3.8, 4) is 11.3 Å². The molecule has 0 aromatic carbocycles. The first-order valence-electron chi connectivity index (χ1n) is 8.80. The van der Waals surface area contributed by atoms with E-state index >= 15 is 0 Å². The minimum Gasteiger partial charge on any atom is -0.352 e. The molecular formula is C19H17N7S. The van der Waals surface area contributed by atoms with E-state index in [0.717, 1.165) is 59.4 Å². The van der Waals surface area contributed by atoms with Crippen molar-refractivity contribution in [3.63, 3.8) is 0 Å². The van der Waals surface area contributed by atoms with Crippen molar-refractivity contribution in [1.82, 2.24) is 24.9 Å². The molecule has 0 unspecified atom stereocenters. The van der Waals surface area contributed by atoms with Gasteiger partial charge in [-0.2, -0.15) is 0 Å². The lowest BCUT2D eigenvalue weighted by molar-refractivity contribution is 0.636. The van der Waals surface area contributed by atoms with E-state index < -0.39 is 0 Å². The van der Waals surface area contributed by atoms with Crippen LogP contribution in [0.3, 0.4) is 0 Å². The summed E-state index contributed by atoms with van der Waals surface area (Å²) < 4.78 is 1.15. The van der Waals surface area contributed by atoms with Crippen molar-refractivity contribution in [2.75, 3.05) is 36.0 Å². The van der Waals surface area contributed by atoms with Crippen LogP contribution in [0, 0.1) is 0 Å². The van der Waals surface area contributed by atoms with Gasteiger partial charge in [0.2, 0.25) is 5.95 Å². The fourth-order valence-electron chi connectivity index (χ4n) is 3.30. The average Bonchev–Trinajstić information content (AvgIpc) is 3.24. The van der Waals surface area contributed by atoms with Gasteiger partial charge in [-0.1, -0.05) is 0 Å². The quantitative estimate of drug-likeness (QED) is 0.545. The van der Waals surface area contributed by atoms with Crippen LogP contribution in [0.25, 0.3) is 21.5 Å². The van der Waals surface area contributed by atoms with Gasteiger partial charge >= 0.3 is 0 Å². The number of pyridine rings is 1. The summed E-state index contributed by atoms with van der Waals surface area (Å²) in [4.78, 5) is 26.7. The van der Waals surface area contributed by atoms with Crippen molar-refractivity contribution in [2.24, 2.45) is 0 Å². The first kappa shape index (κ1) is 16.1. The fourth-order valence-corrected chi connectivity index (χ4v) is 4.17. The molecule has 27 heavy (non-hydrogen) atoms. The number of fused-ring (bicyclic) bond motifs is 1. The smallest absolute Gasteiger partial charge is 0.225 e. The second-order valence-corrected chi connectivity index (χ2v) is 7.20. The van der Waals surface area contributed by atoms with E-state index in [1.807, 2.05) is 30.5 Å². The summed E-state index contributed by atoms with van der Waals surface area (Å²) in [5.74, 6) is 1.80. The number of hydrogen-bond acceptors (Lipinski definition) is 8. The maximum atomic E-state index is 4.75. The van der Waals surface area contributed by atoms with Gasteiger partial charge in [0.15, 0.2) is 0 Å². The van der Waals surface area contributed by atoms with Gasteiger partial charge in [-0.15, -0.1) is 11.3 Å².